The van der Waals surface area contributed by atoms with Gasteiger partial charge in [-0.1, -0.05) is 48.9 Å². The van der Waals surface area contributed by atoms with Crippen LogP contribution in [0, 0.1) is 10.1 Å². The zero-order valence-corrected chi connectivity index (χ0v) is 14.7. The van der Waals surface area contributed by atoms with Crippen molar-refractivity contribution in [3.8, 4) is 0 Å². The number of nitrogens with zero attached hydrogens (tertiary/aromatic N) is 1. The summed E-state index contributed by atoms with van der Waals surface area (Å²) in [6.07, 6.45) is 0.120. The van der Waals surface area contributed by atoms with Gasteiger partial charge in [-0.15, -0.1) is 0 Å². The second-order valence-corrected chi connectivity index (χ2v) is 6.08. The van der Waals surface area contributed by atoms with Crippen molar-refractivity contribution in [3.63, 3.8) is 0 Å². The molecule has 2 aromatic rings. The molecule has 1 atom stereocenters. The average molecular weight is 377 g/mol. The maximum atomic E-state index is 11.9. The van der Waals surface area contributed by atoms with Crippen LogP contribution in [0.25, 0.3) is 0 Å². The molecule has 26 heavy (non-hydrogen) atoms. The highest BCUT2D eigenvalue weighted by Crippen LogP contribution is 2.27. The fourth-order valence-corrected chi connectivity index (χ4v) is 2.48. The highest BCUT2D eigenvalue weighted by atomic mass is 35.5. The molecule has 0 aliphatic rings. The van der Waals surface area contributed by atoms with Crippen molar-refractivity contribution in [1.82, 2.24) is 0 Å². The number of anilines is 1. The largest absolute Gasteiger partial charge is 0.456 e. The van der Waals surface area contributed by atoms with Gasteiger partial charge < -0.3 is 10.1 Å². The molecule has 0 heterocycles. The van der Waals surface area contributed by atoms with Crippen LogP contribution in [0.4, 0.5) is 11.4 Å². The quantitative estimate of drug-likeness (QED) is 0.448. The number of amides is 1. The molecule has 0 bridgehead atoms. The summed E-state index contributed by atoms with van der Waals surface area (Å²) in [7, 11) is 0. The Morgan fingerprint density at radius 2 is 1.92 bits per heavy atom. The molecule has 0 saturated carbocycles. The number of carbonyl (C=O) groups excluding carboxylic acids is 2. The molecule has 0 aliphatic carbocycles. The first-order valence-corrected chi connectivity index (χ1v) is 8.19. The highest BCUT2D eigenvalue weighted by Gasteiger charge is 2.18. The molecule has 2 rings (SSSR count). The van der Waals surface area contributed by atoms with Crippen LogP contribution >= 0.6 is 11.6 Å². The molecular formula is C18H17ClN2O5. The van der Waals surface area contributed by atoms with Crippen LogP contribution in [-0.2, 0) is 14.3 Å². The summed E-state index contributed by atoms with van der Waals surface area (Å²) in [5.41, 5.74) is 0.636. The molecular weight excluding hydrogens is 360 g/mol. The zero-order valence-electron chi connectivity index (χ0n) is 14.0. The summed E-state index contributed by atoms with van der Waals surface area (Å²) in [6.45, 7) is 1.34. The summed E-state index contributed by atoms with van der Waals surface area (Å²) in [5, 5.41) is 13.5. The van der Waals surface area contributed by atoms with E-state index in [1.165, 1.54) is 18.2 Å². The van der Waals surface area contributed by atoms with Gasteiger partial charge in [0.15, 0.2) is 6.61 Å². The number of esters is 1. The molecule has 8 heteroatoms. The Morgan fingerprint density at radius 3 is 2.58 bits per heavy atom. The van der Waals surface area contributed by atoms with E-state index in [4.69, 9.17) is 16.3 Å². The minimum absolute atomic E-state index is 0.0544. The predicted molar refractivity (Wildman–Crippen MR) is 97.2 cm³/mol. The zero-order chi connectivity index (χ0) is 19.1. The molecule has 0 fully saturated rings. The Kier molecular flexibility index (Phi) is 6.68. The van der Waals surface area contributed by atoms with Gasteiger partial charge in [0.2, 0.25) is 0 Å². The first kappa shape index (κ1) is 19.4. The number of hydrogen-bond donors (Lipinski definition) is 1. The SMILES string of the molecule is C[C@@H](CC(=O)OCC(=O)Nc1cc(Cl)ccc1[N+](=O)[O-])c1ccccc1. The number of ether oxygens (including phenoxy) is 1. The van der Waals surface area contributed by atoms with E-state index < -0.39 is 23.4 Å². The Hall–Kier alpha value is -2.93. The number of halogens is 1. The molecule has 0 saturated heterocycles. The molecule has 7 nitrogen and oxygen atoms in total. The fourth-order valence-electron chi connectivity index (χ4n) is 2.31. The van der Waals surface area contributed by atoms with Crippen LogP contribution in [0.1, 0.15) is 24.8 Å². The average Bonchev–Trinajstić information content (AvgIpc) is 2.60. The molecule has 0 unspecified atom stereocenters. The third kappa shape index (κ3) is 5.56. The van der Waals surface area contributed by atoms with Gasteiger partial charge in [0.25, 0.3) is 11.6 Å². The van der Waals surface area contributed by atoms with Gasteiger partial charge in [0.05, 0.1) is 11.3 Å². The van der Waals surface area contributed by atoms with Crippen molar-refractivity contribution >= 4 is 34.9 Å². The maximum Gasteiger partial charge on any atom is 0.306 e. The van der Waals surface area contributed by atoms with E-state index in [-0.39, 0.29) is 28.7 Å². The Balaban J connectivity index is 1.88. The monoisotopic (exact) mass is 376 g/mol. The summed E-state index contributed by atoms with van der Waals surface area (Å²) in [5.74, 6) is -1.27. The van der Waals surface area contributed by atoms with E-state index in [0.29, 0.717) is 0 Å². The Bertz CT molecular complexity index is 810. The van der Waals surface area contributed by atoms with Gasteiger partial charge in [-0.25, -0.2) is 0 Å². The lowest BCUT2D eigenvalue weighted by Gasteiger charge is -2.11. The number of nitro benzene ring substituents is 1. The molecule has 2 aromatic carbocycles. The van der Waals surface area contributed by atoms with Crippen molar-refractivity contribution in [3.05, 3.63) is 69.2 Å². The second kappa shape index (κ2) is 8.96. The van der Waals surface area contributed by atoms with Crippen LogP contribution in [-0.4, -0.2) is 23.4 Å². The molecule has 0 spiro atoms. The molecule has 0 radical (unpaired) electrons. The van der Waals surface area contributed by atoms with Crippen molar-refractivity contribution < 1.29 is 19.2 Å². The number of benzene rings is 2. The molecule has 136 valence electrons. The lowest BCUT2D eigenvalue weighted by molar-refractivity contribution is -0.383. The van der Waals surface area contributed by atoms with E-state index in [1.54, 1.807) is 0 Å². The number of nitro groups is 1. The first-order valence-electron chi connectivity index (χ1n) is 7.81. The van der Waals surface area contributed by atoms with Gasteiger partial charge in [-0.05, 0) is 23.6 Å². The van der Waals surface area contributed by atoms with Gasteiger partial charge in [-0.2, -0.15) is 0 Å². The molecule has 1 amide bonds. The molecule has 0 aromatic heterocycles. The van der Waals surface area contributed by atoms with E-state index in [1.807, 2.05) is 37.3 Å². The van der Waals surface area contributed by atoms with Crippen LogP contribution in [0.3, 0.4) is 0 Å². The van der Waals surface area contributed by atoms with E-state index in [0.717, 1.165) is 5.56 Å². The van der Waals surface area contributed by atoms with Gasteiger partial charge >= 0.3 is 5.97 Å². The Morgan fingerprint density at radius 1 is 1.23 bits per heavy atom. The van der Waals surface area contributed by atoms with Crippen molar-refractivity contribution in [2.24, 2.45) is 0 Å². The number of hydrogen-bond acceptors (Lipinski definition) is 5. The lowest BCUT2D eigenvalue weighted by Crippen LogP contribution is -2.22. The van der Waals surface area contributed by atoms with Crippen LogP contribution < -0.4 is 5.32 Å². The highest BCUT2D eigenvalue weighted by molar-refractivity contribution is 6.31. The van der Waals surface area contributed by atoms with Crippen LogP contribution in [0.2, 0.25) is 5.02 Å². The van der Waals surface area contributed by atoms with Crippen molar-refractivity contribution in [2.45, 2.75) is 19.3 Å². The normalized spacial score (nSPS) is 11.5. The summed E-state index contributed by atoms with van der Waals surface area (Å²) < 4.78 is 4.94. The smallest absolute Gasteiger partial charge is 0.306 e. The van der Waals surface area contributed by atoms with E-state index >= 15 is 0 Å². The standard InChI is InChI=1S/C18H17ClN2O5/c1-12(13-5-3-2-4-6-13)9-18(23)26-11-17(22)20-15-10-14(19)7-8-16(15)21(24)25/h2-8,10,12H,9,11H2,1H3,(H,20,22)/t12-/m0/s1. The number of nitrogens with one attached hydrogen (secondary N) is 1. The molecule has 0 aliphatic heterocycles. The van der Waals surface area contributed by atoms with E-state index in [9.17, 15) is 19.7 Å². The third-order valence-corrected chi connectivity index (χ3v) is 3.87. The summed E-state index contributed by atoms with van der Waals surface area (Å²) in [4.78, 5) is 34.1. The number of carbonyl (C=O) groups is 2. The third-order valence-electron chi connectivity index (χ3n) is 3.64. The second-order valence-electron chi connectivity index (χ2n) is 5.64. The summed E-state index contributed by atoms with van der Waals surface area (Å²) in [6, 6.07) is 13.2. The van der Waals surface area contributed by atoms with E-state index in [2.05, 4.69) is 5.32 Å². The fraction of sp³-hybridized carbons (Fsp3) is 0.222. The minimum atomic E-state index is -0.684. The van der Waals surface area contributed by atoms with Crippen molar-refractivity contribution in [1.29, 1.82) is 0 Å². The topological polar surface area (TPSA) is 98.5 Å². The van der Waals surface area contributed by atoms with Crippen LogP contribution in [0.15, 0.2) is 48.5 Å². The minimum Gasteiger partial charge on any atom is -0.456 e. The number of rotatable bonds is 7. The van der Waals surface area contributed by atoms with Crippen LogP contribution in [0.5, 0.6) is 0 Å². The maximum absolute atomic E-state index is 11.9. The van der Waals surface area contributed by atoms with Gasteiger partial charge in [0, 0.05) is 11.1 Å². The first-order chi connectivity index (χ1) is 12.4. The summed E-state index contributed by atoms with van der Waals surface area (Å²) >= 11 is 5.79. The van der Waals surface area contributed by atoms with Gasteiger partial charge in [0.1, 0.15) is 5.69 Å². The van der Waals surface area contributed by atoms with Crippen molar-refractivity contribution in [2.75, 3.05) is 11.9 Å². The Labute approximate surface area is 155 Å². The molecule has 1 N–H and O–H groups in total. The predicted octanol–water partition coefficient (Wildman–Crippen LogP) is 3.92. The van der Waals surface area contributed by atoms with Gasteiger partial charge in [-0.3, -0.25) is 19.7 Å². The lowest BCUT2D eigenvalue weighted by atomic mass is 9.98.